The van der Waals surface area contributed by atoms with Crippen molar-refractivity contribution in [1.82, 2.24) is 5.16 Å². The highest BCUT2D eigenvalue weighted by atomic mass is 79.9. The van der Waals surface area contributed by atoms with Gasteiger partial charge in [0.15, 0.2) is 0 Å². The van der Waals surface area contributed by atoms with E-state index in [0.29, 0.717) is 10.2 Å². The van der Waals surface area contributed by atoms with Crippen LogP contribution in [0.4, 0.5) is 5.88 Å². The average Bonchev–Trinajstić information content (AvgIpc) is 2.80. The summed E-state index contributed by atoms with van der Waals surface area (Å²) in [5.41, 5.74) is 0.579. The minimum absolute atomic E-state index is 0.0759. The smallest absolute Gasteiger partial charge is 0.273 e. The molecule has 92 valence electrons. The second-order valence-corrected chi connectivity index (χ2v) is 8.24. The van der Waals surface area contributed by atoms with Gasteiger partial charge in [0, 0.05) is 0 Å². The summed E-state index contributed by atoms with van der Waals surface area (Å²) in [6.45, 7) is 1.70. The third-order valence-electron chi connectivity index (χ3n) is 1.83. The van der Waals surface area contributed by atoms with Gasteiger partial charge >= 0.3 is 0 Å². The lowest BCUT2D eigenvalue weighted by Crippen LogP contribution is -2.11. The van der Waals surface area contributed by atoms with Crippen LogP contribution in [0.5, 0.6) is 0 Å². The predicted molar refractivity (Wildman–Crippen MR) is 71.8 cm³/mol. The monoisotopic (exact) mass is 400 g/mol. The van der Waals surface area contributed by atoms with Gasteiger partial charge < -0.3 is 4.52 Å². The Morgan fingerprint density at radius 2 is 2.12 bits per heavy atom. The molecule has 0 aliphatic rings. The summed E-state index contributed by atoms with van der Waals surface area (Å²) in [5.74, 6) is 0.0759. The maximum absolute atomic E-state index is 11.9. The minimum Gasteiger partial charge on any atom is -0.336 e. The van der Waals surface area contributed by atoms with Crippen molar-refractivity contribution >= 4 is 59.1 Å². The van der Waals surface area contributed by atoms with E-state index < -0.39 is 10.0 Å². The average molecular weight is 402 g/mol. The van der Waals surface area contributed by atoms with Gasteiger partial charge in [0.1, 0.15) is 8.68 Å². The highest BCUT2D eigenvalue weighted by Crippen LogP contribution is 2.31. The summed E-state index contributed by atoms with van der Waals surface area (Å²) in [6, 6.07) is 3.17. The zero-order chi connectivity index (χ0) is 12.6. The number of sulfonamides is 1. The van der Waals surface area contributed by atoms with Crippen molar-refractivity contribution in [3.8, 4) is 0 Å². The molecular formula is C8H6Br2N2O3S2. The van der Waals surface area contributed by atoms with E-state index in [2.05, 4.69) is 41.7 Å². The van der Waals surface area contributed by atoms with Gasteiger partial charge in [0.05, 0.1) is 9.48 Å². The number of rotatable bonds is 3. The third-order valence-corrected chi connectivity index (χ3v) is 6.21. The number of halogens is 2. The fraction of sp³-hybridized carbons (Fsp3) is 0.125. The number of anilines is 1. The lowest BCUT2D eigenvalue weighted by molar-refractivity contribution is 0.430. The molecule has 0 aliphatic heterocycles. The number of thiophene rings is 1. The van der Waals surface area contributed by atoms with E-state index in [1.165, 1.54) is 6.07 Å². The summed E-state index contributed by atoms with van der Waals surface area (Å²) < 4.78 is 32.5. The molecular weight excluding hydrogens is 396 g/mol. The zero-order valence-corrected chi connectivity index (χ0v) is 13.2. The first-order valence-electron chi connectivity index (χ1n) is 4.30. The Kier molecular flexibility index (Phi) is 3.62. The summed E-state index contributed by atoms with van der Waals surface area (Å²) in [5, 5.41) is 3.64. The molecule has 9 heteroatoms. The van der Waals surface area contributed by atoms with Gasteiger partial charge in [-0.25, -0.2) is 13.1 Å². The Bertz CT molecular complexity index is 648. The lowest BCUT2D eigenvalue weighted by Gasteiger charge is -2.01. The molecule has 2 aromatic rings. The van der Waals surface area contributed by atoms with Crippen molar-refractivity contribution in [1.29, 1.82) is 0 Å². The van der Waals surface area contributed by atoms with Gasteiger partial charge in [-0.15, -0.1) is 11.3 Å². The largest absolute Gasteiger partial charge is 0.336 e. The lowest BCUT2D eigenvalue weighted by atomic mass is 10.5. The van der Waals surface area contributed by atoms with Crippen molar-refractivity contribution in [3.63, 3.8) is 0 Å². The first kappa shape index (κ1) is 13.1. The number of aryl methyl sites for hydroxylation is 1. The van der Waals surface area contributed by atoms with Gasteiger partial charge in [-0.1, -0.05) is 5.16 Å². The van der Waals surface area contributed by atoms with Crippen LogP contribution in [0.2, 0.25) is 0 Å². The van der Waals surface area contributed by atoms with E-state index in [9.17, 15) is 8.42 Å². The van der Waals surface area contributed by atoms with Crippen LogP contribution in [0.1, 0.15) is 5.69 Å². The highest BCUT2D eigenvalue weighted by Gasteiger charge is 2.21. The van der Waals surface area contributed by atoms with E-state index in [1.54, 1.807) is 13.0 Å². The Hall–Kier alpha value is -0.380. The van der Waals surface area contributed by atoms with Gasteiger partial charge in [0.2, 0.25) is 0 Å². The SMILES string of the molecule is Cc1noc(NS(=O)(=O)c2ccc(Br)s2)c1Br. The van der Waals surface area contributed by atoms with Crippen LogP contribution in [-0.4, -0.2) is 13.6 Å². The third kappa shape index (κ3) is 2.72. The molecule has 5 nitrogen and oxygen atoms in total. The molecule has 0 radical (unpaired) electrons. The van der Waals surface area contributed by atoms with Gasteiger partial charge in [-0.05, 0) is 50.9 Å². The first-order valence-corrected chi connectivity index (χ1v) is 8.18. The molecule has 0 saturated carbocycles. The van der Waals surface area contributed by atoms with Gasteiger partial charge in [-0.3, -0.25) is 0 Å². The molecule has 0 fully saturated rings. The van der Waals surface area contributed by atoms with Gasteiger partial charge in [0.25, 0.3) is 15.9 Å². The number of hydrogen-bond donors (Lipinski definition) is 1. The van der Waals surface area contributed by atoms with E-state index >= 15 is 0 Å². The normalized spacial score (nSPS) is 11.7. The van der Waals surface area contributed by atoms with Crippen molar-refractivity contribution in [2.45, 2.75) is 11.1 Å². The summed E-state index contributed by atoms with van der Waals surface area (Å²) in [4.78, 5) is 0. The standard InChI is InChI=1S/C8H6Br2N2O3S2/c1-4-7(10)8(15-11-4)12-17(13,14)6-3-2-5(9)16-6/h2-3,12H,1H3. The Balaban J connectivity index is 2.33. The fourth-order valence-corrected chi connectivity index (χ4v) is 4.42. The molecule has 2 aromatic heterocycles. The topological polar surface area (TPSA) is 72.2 Å². The van der Waals surface area contributed by atoms with Crippen LogP contribution in [-0.2, 0) is 10.0 Å². The van der Waals surface area contributed by atoms with Crippen LogP contribution < -0.4 is 4.72 Å². The predicted octanol–water partition coefficient (Wildman–Crippen LogP) is 3.37. The molecule has 0 saturated heterocycles. The molecule has 0 amide bonds. The molecule has 0 aromatic carbocycles. The number of nitrogens with one attached hydrogen (secondary N) is 1. The molecule has 2 heterocycles. The molecule has 0 unspecified atom stereocenters. The quantitative estimate of drug-likeness (QED) is 0.855. The van der Waals surface area contributed by atoms with Crippen LogP contribution >= 0.6 is 43.2 Å². The van der Waals surface area contributed by atoms with Crippen LogP contribution in [0.25, 0.3) is 0 Å². The van der Waals surface area contributed by atoms with Crippen molar-refractivity contribution in [2.75, 3.05) is 4.72 Å². The maximum Gasteiger partial charge on any atom is 0.273 e. The Morgan fingerprint density at radius 3 is 2.59 bits per heavy atom. The van der Waals surface area contributed by atoms with E-state index in [4.69, 9.17) is 4.52 Å². The van der Waals surface area contributed by atoms with Crippen LogP contribution in [0.15, 0.2) is 29.1 Å². The molecule has 2 rings (SSSR count). The molecule has 17 heavy (non-hydrogen) atoms. The highest BCUT2D eigenvalue weighted by molar-refractivity contribution is 9.11. The summed E-state index contributed by atoms with van der Waals surface area (Å²) in [7, 11) is -3.63. The van der Waals surface area contributed by atoms with Crippen molar-refractivity contribution < 1.29 is 12.9 Å². The number of hydrogen-bond acceptors (Lipinski definition) is 5. The van der Waals surface area contributed by atoms with Crippen LogP contribution in [0, 0.1) is 6.92 Å². The summed E-state index contributed by atoms with van der Waals surface area (Å²) >= 11 is 7.52. The maximum atomic E-state index is 11.9. The number of nitrogens with zero attached hydrogens (tertiary/aromatic N) is 1. The zero-order valence-electron chi connectivity index (χ0n) is 8.40. The Labute approximate surface area is 119 Å². The van der Waals surface area contributed by atoms with E-state index in [1.807, 2.05) is 0 Å². The fourth-order valence-electron chi connectivity index (χ4n) is 1.04. The number of aromatic nitrogens is 1. The molecule has 0 bridgehead atoms. The second-order valence-electron chi connectivity index (χ2n) is 3.08. The van der Waals surface area contributed by atoms with Crippen molar-refractivity contribution in [3.05, 3.63) is 26.1 Å². The van der Waals surface area contributed by atoms with E-state index in [-0.39, 0.29) is 10.1 Å². The van der Waals surface area contributed by atoms with Crippen LogP contribution in [0.3, 0.4) is 0 Å². The minimum atomic E-state index is -3.63. The molecule has 0 atom stereocenters. The first-order chi connectivity index (χ1) is 7.90. The Morgan fingerprint density at radius 1 is 1.41 bits per heavy atom. The molecule has 0 aliphatic carbocycles. The van der Waals surface area contributed by atoms with Gasteiger partial charge in [-0.2, -0.15) is 0 Å². The molecule has 0 spiro atoms. The van der Waals surface area contributed by atoms with Crippen molar-refractivity contribution in [2.24, 2.45) is 0 Å². The van der Waals surface area contributed by atoms with E-state index in [0.717, 1.165) is 15.1 Å². The second kappa shape index (κ2) is 4.71. The molecule has 1 N–H and O–H groups in total. The summed E-state index contributed by atoms with van der Waals surface area (Å²) in [6.07, 6.45) is 0.